The number of ether oxygens (including phenoxy) is 2. The first-order valence-electron chi connectivity index (χ1n) is 11.9. The number of fused-ring (bicyclic) bond motifs is 2. The van der Waals surface area contributed by atoms with Crippen LogP contribution in [0.1, 0.15) is 44.6 Å². The van der Waals surface area contributed by atoms with Gasteiger partial charge >= 0.3 is 11.9 Å². The fraction of sp³-hybridized carbons (Fsp3) is 0.393. The van der Waals surface area contributed by atoms with Crippen LogP contribution >= 0.6 is 0 Å². The van der Waals surface area contributed by atoms with Crippen molar-refractivity contribution in [3.63, 3.8) is 0 Å². The summed E-state index contributed by atoms with van der Waals surface area (Å²) in [7, 11) is 0. The number of aromatic nitrogens is 1. The van der Waals surface area contributed by atoms with Crippen LogP contribution in [0.25, 0.3) is 17.0 Å². The summed E-state index contributed by atoms with van der Waals surface area (Å²) >= 11 is 0. The molecule has 1 aliphatic heterocycles. The molecule has 0 radical (unpaired) electrons. The number of rotatable bonds is 3. The average molecular weight is 462 g/mol. The summed E-state index contributed by atoms with van der Waals surface area (Å²) in [6, 6.07) is 9.78. The highest BCUT2D eigenvalue weighted by Crippen LogP contribution is 2.38. The number of allylic oxidation sites excluding steroid dienone is 2. The zero-order valence-electron chi connectivity index (χ0n) is 19.4. The molecule has 0 unspecified atom stereocenters. The van der Waals surface area contributed by atoms with Crippen molar-refractivity contribution >= 4 is 28.9 Å². The standard InChI is InChI=1S/C28H31NO5/c1-19-7-3-2-4-8-21-16-23(17-24(21)26(30)12-14-27(31)33-19)34-28(32)13-11-20-15-22-9-5-6-10-25(22)29-18-20/h4-6,8-15,18-19,21,23-24,26,30H,2-3,7,16-17H2,1H3/b8-4+,13-11+,14-12+/t19-,21+,23-,24+,26+/m0/s1. The predicted molar refractivity (Wildman–Crippen MR) is 131 cm³/mol. The van der Waals surface area contributed by atoms with E-state index in [4.69, 9.17) is 9.47 Å². The van der Waals surface area contributed by atoms with Gasteiger partial charge in [0.25, 0.3) is 0 Å². The lowest BCUT2D eigenvalue weighted by molar-refractivity contribution is -0.143. The van der Waals surface area contributed by atoms with Gasteiger partial charge in [0.2, 0.25) is 0 Å². The van der Waals surface area contributed by atoms with Crippen LogP contribution in [0.3, 0.4) is 0 Å². The molecule has 1 N–H and O–H groups in total. The second kappa shape index (κ2) is 11.3. The zero-order chi connectivity index (χ0) is 23.9. The lowest BCUT2D eigenvalue weighted by atomic mass is 9.90. The zero-order valence-corrected chi connectivity index (χ0v) is 19.4. The Morgan fingerprint density at radius 3 is 2.97 bits per heavy atom. The number of carbonyl (C=O) groups is 2. The smallest absolute Gasteiger partial charge is 0.331 e. The Labute approximate surface area is 200 Å². The molecule has 0 spiro atoms. The van der Waals surface area contributed by atoms with Gasteiger partial charge in [-0.15, -0.1) is 0 Å². The first kappa shape index (κ1) is 23.9. The van der Waals surface area contributed by atoms with Crippen LogP contribution in [0.5, 0.6) is 0 Å². The molecule has 1 fully saturated rings. The third-order valence-corrected chi connectivity index (χ3v) is 6.48. The molecule has 6 heteroatoms. The summed E-state index contributed by atoms with van der Waals surface area (Å²) in [6.07, 6.45) is 14.4. The van der Waals surface area contributed by atoms with E-state index >= 15 is 0 Å². The topological polar surface area (TPSA) is 85.7 Å². The fourth-order valence-corrected chi connectivity index (χ4v) is 4.72. The third kappa shape index (κ3) is 6.41. The first-order valence-corrected chi connectivity index (χ1v) is 11.9. The minimum absolute atomic E-state index is 0.0697. The van der Waals surface area contributed by atoms with Gasteiger partial charge in [0.1, 0.15) is 6.10 Å². The summed E-state index contributed by atoms with van der Waals surface area (Å²) in [6.45, 7) is 1.88. The van der Waals surface area contributed by atoms with Crippen molar-refractivity contribution in [2.75, 3.05) is 0 Å². The number of esters is 2. The number of pyridine rings is 1. The quantitative estimate of drug-likeness (QED) is 0.402. The summed E-state index contributed by atoms with van der Waals surface area (Å²) in [4.78, 5) is 28.9. The van der Waals surface area contributed by atoms with E-state index < -0.39 is 18.0 Å². The SMILES string of the molecule is C[C@H]1CCC/C=C/[C@@H]2C[C@H](OC(=O)/C=C/c3cnc4ccccc4c3)C[C@H]2[C@H](O)/C=C/C(=O)O1. The van der Waals surface area contributed by atoms with Crippen LogP contribution in [0.4, 0.5) is 0 Å². The molecular weight excluding hydrogens is 430 g/mol. The lowest BCUT2D eigenvalue weighted by Gasteiger charge is -2.19. The Balaban J connectivity index is 1.39. The largest absolute Gasteiger partial charge is 0.460 e. The summed E-state index contributed by atoms with van der Waals surface area (Å²) in [5.74, 6) is -0.923. The number of para-hydroxylation sites is 1. The fourth-order valence-electron chi connectivity index (χ4n) is 4.72. The maximum atomic E-state index is 12.5. The molecule has 2 aliphatic rings. The number of carbonyl (C=O) groups excluding carboxylic acids is 2. The molecule has 2 aromatic rings. The molecular formula is C28H31NO5. The van der Waals surface area contributed by atoms with E-state index in [0.717, 1.165) is 35.7 Å². The van der Waals surface area contributed by atoms with Gasteiger partial charge in [0.15, 0.2) is 0 Å². The van der Waals surface area contributed by atoms with Gasteiger partial charge in [-0.3, -0.25) is 4.98 Å². The Hall–Kier alpha value is -3.25. The maximum absolute atomic E-state index is 12.5. The molecule has 4 rings (SSSR count). The van der Waals surface area contributed by atoms with Crippen LogP contribution in [0.2, 0.25) is 0 Å². The van der Waals surface area contributed by atoms with Crippen molar-refractivity contribution in [2.24, 2.45) is 11.8 Å². The normalized spacial score (nSPS) is 29.9. The van der Waals surface area contributed by atoms with Crippen molar-refractivity contribution in [2.45, 2.75) is 57.3 Å². The van der Waals surface area contributed by atoms with Crippen molar-refractivity contribution in [1.82, 2.24) is 4.98 Å². The maximum Gasteiger partial charge on any atom is 0.331 e. The van der Waals surface area contributed by atoms with E-state index in [1.165, 1.54) is 18.2 Å². The van der Waals surface area contributed by atoms with Gasteiger partial charge < -0.3 is 14.6 Å². The minimum atomic E-state index is -0.818. The Morgan fingerprint density at radius 1 is 1.24 bits per heavy atom. The predicted octanol–water partition coefficient (Wildman–Crippen LogP) is 4.77. The molecule has 0 saturated heterocycles. The summed E-state index contributed by atoms with van der Waals surface area (Å²) in [5, 5.41) is 11.7. The molecule has 1 aromatic heterocycles. The van der Waals surface area contributed by atoms with Crippen LogP contribution in [-0.2, 0) is 19.1 Å². The van der Waals surface area contributed by atoms with E-state index in [1.54, 1.807) is 12.3 Å². The minimum Gasteiger partial charge on any atom is -0.460 e. The van der Waals surface area contributed by atoms with Crippen LogP contribution in [-0.4, -0.2) is 40.3 Å². The second-order valence-corrected chi connectivity index (χ2v) is 9.11. The van der Waals surface area contributed by atoms with Gasteiger partial charge in [-0.1, -0.05) is 30.4 Å². The van der Waals surface area contributed by atoms with Gasteiger partial charge in [0.05, 0.1) is 17.7 Å². The van der Waals surface area contributed by atoms with E-state index in [2.05, 4.69) is 17.1 Å². The summed E-state index contributed by atoms with van der Waals surface area (Å²) < 4.78 is 11.0. The second-order valence-electron chi connectivity index (χ2n) is 9.11. The van der Waals surface area contributed by atoms with Gasteiger partial charge in [-0.05, 0) is 80.7 Å². The number of nitrogens with zero attached hydrogens (tertiary/aromatic N) is 1. The molecule has 1 aromatic carbocycles. The number of cyclic esters (lactones) is 1. The van der Waals surface area contributed by atoms with E-state index in [0.29, 0.717) is 12.8 Å². The molecule has 2 heterocycles. The summed E-state index contributed by atoms with van der Waals surface area (Å²) in [5.41, 5.74) is 1.73. The molecule has 0 bridgehead atoms. The first-order chi connectivity index (χ1) is 16.5. The highest BCUT2D eigenvalue weighted by Gasteiger charge is 2.38. The van der Waals surface area contributed by atoms with Crippen LogP contribution in [0.15, 0.2) is 66.9 Å². The van der Waals surface area contributed by atoms with Gasteiger partial charge in [-0.25, -0.2) is 9.59 Å². The Kier molecular flexibility index (Phi) is 7.91. The Morgan fingerprint density at radius 2 is 2.09 bits per heavy atom. The Bertz CT molecular complexity index is 1100. The van der Waals surface area contributed by atoms with Crippen molar-refractivity contribution in [3.05, 3.63) is 72.5 Å². The molecule has 6 nitrogen and oxygen atoms in total. The molecule has 1 aliphatic carbocycles. The van der Waals surface area contributed by atoms with E-state index in [1.807, 2.05) is 37.3 Å². The lowest BCUT2D eigenvalue weighted by Crippen LogP contribution is -2.22. The number of benzene rings is 1. The molecule has 34 heavy (non-hydrogen) atoms. The average Bonchev–Trinajstić information content (AvgIpc) is 3.22. The van der Waals surface area contributed by atoms with Crippen molar-refractivity contribution in [3.8, 4) is 0 Å². The molecule has 178 valence electrons. The van der Waals surface area contributed by atoms with Gasteiger partial charge in [0, 0.05) is 23.7 Å². The molecule has 5 atom stereocenters. The third-order valence-electron chi connectivity index (χ3n) is 6.48. The van der Waals surface area contributed by atoms with E-state index in [-0.39, 0.29) is 24.0 Å². The number of hydrogen-bond acceptors (Lipinski definition) is 6. The van der Waals surface area contributed by atoms with Crippen LogP contribution in [0, 0.1) is 11.8 Å². The molecule has 0 amide bonds. The van der Waals surface area contributed by atoms with Crippen molar-refractivity contribution in [1.29, 1.82) is 0 Å². The number of aliphatic hydroxyl groups is 1. The highest BCUT2D eigenvalue weighted by atomic mass is 16.5. The van der Waals surface area contributed by atoms with Crippen LogP contribution < -0.4 is 0 Å². The van der Waals surface area contributed by atoms with E-state index in [9.17, 15) is 14.7 Å². The highest BCUT2D eigenvalue weighted by molar-refractivity contribution is 5.88. The van der Waals surface area contributed by atoms with Crippen molar-refractivity contribution < 1.29 is 24.2 Å². The number of aliphatic hydroxyl groups excluding tert-OH is 1. The molecule has 1 saturated carbocycles. The number of hydrogen-bond donors (Lipinski definition) is 1. The monoisotopic (exact) mass is 461 g/mol. The van der Waals surface area contributed by atoms with Gasteiger partial charge in [-0.2, -0.15) is 0 Å².